The quantitative estimate of drug-likeness (QED) is 0.849. The second kappa shape index (κ2) is 4.97. The molecule has 0 aliphatic carbocycles. The van der Waals surface area contributed by atoms with Crippen molar-refractivity contribution in [3.63, 3.8) is 0 Å². The van der Waals surface area contributed by atoms with Crippen LogP contribution in [0.5, 0.6) is 5.75 Å². The number of phenols is 1. The molecular weight excluding hydrogens is 254 g/mol. The largest absolute Gasteiger partial charge is 0.508 e. The Morgan fingerprint density at radius 2 is 2.00 bits per heavy atom. The molecule has 1 rings (SSSR count). The van der Waals surface area contributed by atoms with Gasteiger partial charge < -0.3 is 10.4 Å². The molecule has 100 valence electrons. The van der Waals surface area contributed by atoms with Gasteiger partial charge in [0.25, 0.3) is 0 Å². The van der Waals surface area contributed by atoms with Gasteiger partial charge in [-0.25, -0.2) is 8.42 Å². The molecule has 18 heavy (non-hydrogen) atoms. The van der Waals surface area contributed by atoms with Gasteiger partial charge in [-0.05, 0) is 31.5 Å². The van der Waals surface area contributed by atoms with Crippen LogP contribution in [0.4, 0.5) is 0 Å². The van der Waals surface area contributed by atoms with Crippen LogP contribution in [-0.4, -0.2) is 30.4 Å². The molecule has 5 nitrogen and oxygen atoms in total. The molecule has 0 aliphatic rings. The minimum absolute atomic E-state index is 0.101. The molecule has 0 aliphatic heterocycles. The first-order valence-corrected chi connectivity index (χ1v) is 7.29. The first-order chi connectivity index (χ1) is 8.14. The summed E-state index contributed by atoms with van der Waals surface area (Å²) in [6, 6.07) is 6.41. The minimum atomic E-state index is -3.48. The van der Waals surface area contributed by atoms with E-state index in [1.165, 1.54) is 26.0 Å². The molecule has 1 aromatic carbocycles. The standard InChI is InChI=1S/C12H17NO4S/c1-12(2,18(3,16)17)11(15)13-8-9-5-4-6-10(14)7-9/h4-7,14H,8H2,1-3H3,(H,13,15). The van der Waals surface area contributed by atoms with E-state index in [0.717, 1.165) is 6.26 Å². The van der Waals surface area contributed by atoms with Crippen molar-refractivity contribution in [2.24, 2.45) is 0 Å². The van der Waals surface area contributed by atoms with Gasteiger partial charge in [-0.1, -0.05) is 12.1 Å². The molecule has 0 atom stereocenters. The number of rotatable bonds is 4. The topological polar surface area (TPSA) is 83.5 Å². The van der Waals surface area contributed by atoms with E-state index in [0.29, 0.717) is 5.56 Å². The second-order valence-corrected chi connectivity index (χ2v) is 7.20. The van der Waals surface area contributed by atoms with Gasteiger partial charge in [0, 0.05) is 12.8 Å². The summed E-state index contributed by atoms with van der Waals surface area (Å²) in [4.78, 5) is 11.8. The number of aromatic hydroxyl groups is 1. The molecule has 0 heterocycles. The average Bonchev–Trinajstić information content (AvgIpc) is 2.24. The van der Waals surface area contributed by atoms with Crippen molar-refractivity contribution in [1.82, 2.24) is 5.32 Å². The maximum absolute atomic E-state index is 11.8. The molecule has 0 saturated carbocycles. The van der Waals surface area contributed by atoms with Crippen LogP contribution in [0.1, 0.15) is 19.4 Å². The molecule has 1 aromatic rings. The zero-order valence-corrected chi connectivity index (χ0v) is 11.4. The smallest absolute Gasteiger partial charge is 0.241 e. The number of hydrogen-bond acceptors (Lipinski definition) is 4. The number of carbonyl (C=O) groups is 1. The van der Waals surface area contributed by atoms with Crippen molar-refractivity contribution < 1.29 is 18.3 Å². The Bertz CT molecular complexity index is 549. The lowest BCUT2D eigenvalue weighted by Gasteiger charge is -2.21. The Labute approximate surface area is 107 Å². The summed E-state index contributed by atoms with van der Waals surface area (Å²) in [7, 11) is -3.48. The highest BCUT2D eigenvalue weighted by atomic mass is 32.2. The average molecular weight is 271 g/mol. The van der Waals surface area contributed by atoms with E-state index in [9.17, 15) is 18.3 Å². The highest BCUT2D eigenvalue weighted by Crippen LogP contribution is 2.16. The fourth-order valence-electron chi connectivity index (χ4n) is 1.23. The molecule has 0 aromatic heterocycles. The molecule has 0 saturated heterocycles. The molecule has 6 heteroatoms. The van der Waals surface area contributed by atoms with Crippen LogP contribution in [0.2, 0.25) is 0 Å². The third-order valence-corrected chi connectivity index (χ3v) is 4.88. The third kappa shape index (κ3) is 3.22. The van der Waals surface area contributed by atoms with E-state index in [4.69, 9.17) is 0 Å². The van der Waals surface area contributed by atoms with Crippen molar-refractivity contribution in [2.75, 3.05) is 6.26 Å². The normalized spacial score (nSPS) is 12.2. The fraction of sp³-hybridized carbons (Fsp3) is 0.417. The Hall–Kier alpha value is -1.56. The monoisotopic (exact) mass is 271 g/mol. The first-order valence-electron chi connectivity index (χ1n) is 5.40. The van der Waals surface area contributed by atoms with Crippen LogP contribution in [0, 0.1) is 0 Å². The summed E-state index contributed by atoms with van der Waals surface area (Å²) < 4.78 is 21.4. The SMILES string of the molecule is CC(C)(C(=O)NCc1cccc(O)c1)S(C)(=O)=O. The van der Waals surface area contributed by atoms with E-state index in [-0.39, 0.29) is 12.3 Å². The zero-order chi connectivity index (χ0) is 14.0. The van der Waals surface area contributed by atoms with Crippen LogP contribution in [0.25, 0.3) is 0 Å². The summed E-state index contributed by atoms with van der Waals surface area (Å²) in [5.41, 5.74) is 0.702. The van der Waals surface area contributed by atoms with Gasteiger partial charge in [0.05, 0.1) is 0 Å². The number of hydrogen-bond donors (Lipinski definition) is 2. The highest BCUT2D eigenvalue weighted by Gasteiger charge is 2.38. The van der Waals surface area contributed by atoms with Gasteiger partial charge >= 0.3 is 0 Å². The second-order valence-electron chi connectivity index (χ2n) is 4.64. The van der Waals surface area contributed by atoms with Gasteiger partial charge in [-0.3, -0.25) is 4.79 Å². The molecule has 0 bridgehead atoms. The van der Waals surface area contributed by atoms with Crippen molar-refractivity contribution in [2.45, 2.75) is 25.1 Å². The number of carbonyl (C=O) groups excluding carboxylic acids is 1. The van der Waals surface area contributed by atoms with Crippen molar-refractivity contribution in [3.05, 3.63) is 29.8 Å². The van der Waals surface area contributed by atoms with Crippen molar-refractivity contribution in [3.8, 4) is 5.75 Å². The van der Waals surface area contributed by atoms with E-state index in [1.807, 2.05) is 0 Å². The number of benzene rings is 1. The molecule has 0 unspecified atom stereocenters. The van der Waals surface area contributed by atoms with Crippen LogP contribution in [-0.2, 0) is 21.2 Å². The fourth-order valence-corrected chi connectivity index (χ4v) is 1.64. The molecule has 1 amide bonds. The summed E-state index contributed by atoms with van der Waals surface area (Å²) in [6.07, 6.45) is 1.03. The van der Waals surface area contributed by atoms with Gasteiger partial charge in [0.1, 0.15) is 10.5 Å². The Morgan fingerprint density at radius 3 is 2.50 bits per heavy atom. The van der Waals surface area contributed by atoms with Crippen molar-refractivity contribution in [1.29, 1.82) is 0 Å². The van der Waals surface area contributed by atoms with Crippen molar-refractivity contribution >= 4 is 15.7 Å². The predicted octanol–water partition coefficient (Wildman–Crippen LogP) is 0.832. The highest BCUT2D eigenvalue weighted by molar-refractivity contribution is 7.92. The van der Waals surface area contributed by atoms with Gasteiger partial charge in [0.2, 0.25) is 5.91 Å². The van der Waals surface area contributed by atoms with E-state index >= 15 is 0 Å². The summed E-state index contributed by atoms with van der Waals surface area (Å²) in [5, 5.41) is 11.8. The van der Waals surface area contributed by atoms with Crippen LogP contribution in [0.15, 0.2) is 24.3 Å². The van der Waals surface area contributed by atoms with E-state index in [2.05, 4.69) is 5.32 Å². The third-order valence-electron chi connectivity index (χ3n) is 2.84. The van der Waals surface area contributed by atoms with E-state index < -0.39 is 20.5 Å². The van der Waals surface area contributed by atoms with Crippen LogP contribution < -0.4 is 5.32 Å². The van der Waals surface area contributed by atoms with Gasteiger partial charge in [0.15, 0.2) is 9.84 Å². The lowest BCUT2D eigenvalue weighted by Crippen LogP contribution is -2.47. The summed E-state index contributed by atoms with van der Waals surface area (Å²) in [5.74, 6) is -0.461. The molecule has 0 spiro atoms. The van der Waals surface area contributed by atoms with Crippen LogP contribution >= 0.6 is 0 Å². The summed E-state index contributed by atoms with van der Waals surface area (Å²) >= 11 is 0. The Kier molecular flexibility index (Phi) is 4.01. The number of phenolic OH excluding ortho intramolecular Hbond substituents is 1. The maximum atomic E-state index is 11.8. The predicted molar refractivity (Wildman–Crippen MR) is 68.9 cm³/mol. The van der Waals surface area contributed by atoms with E-state index in [1.54, 1.807) is 12.1 Å². The summed E-state index contributed by atoms with van der Waals surface area (Å²) in [6.45, 7) is 2.90. The number of nitrogens with one attached hydrogen (secondary N) is 1. The molecule has 0 fully saturated rings. The molecule has 2 N–H and O–H groups in total. The van der Waals surface area contributed by atoms with Crippen LogP contribution in [0.3, 0.4) is 0 Å². The molecular formula is C12H17NO4S. The number of sulfone groups is 1. The Morgan fingerprint density at radius 1 is 1.39 bits per heavy atom. The van der Waals surface area contributed by atoms with Gasteiger partial charge in [-0.2, -0.15) is 0 Å². The zero-order valence-electron chi connectivity index (χ0n) is 10.6. The first kappa shape index (κ1) is 14.5. The molecule has 0 radical (unpaired) electrons. The maximum Gasteiger partial charge on any atom is 0.241 e. The Balaban J connectivity index is 2.73. The lowest BCUT2D eigenvalue weighted by molar-refractivity contribution is -0.123. The lowest BCUT2D eigenvalue weighted by atomic mass is 10.1. The minimum Gasteiger partial charge on any atom is -0.508 e. The number of amides is 1. The van der Waals surface area contributed by atoms with Gasteiger partial charge in [-0.15, -0.1) is 0 Å².